The smallest absolute Gasteiger partial charge is 0.308 e. The second-order valence-corrected chi connectivity index (χ2v) is 10.9. The van der Waals surface area contributed by atoms with Crippen molar-refractivity contribution in [3.05, 3.63) is 12.2 Å². The summed E-state index contributed by atoms with van der Waals surface area (Å²) in [6, 6.07) is 0. The molecular formula is C27H48O6. The summed E-state index contributed by atoms with van der Waals surface area (Å²) in [6.07, 6.45) is 8.95. The van der Waals surface area contributed by atoms with Gasteiger partial charge in [0.2, 0.25) is 0 Å². The molecule has 0 radical (unpaired) electrons. The van der Waals surface area contributed by atoms with Crippen molar-refractivity contribution >= 4 is 5.97 Å². The summed E-state index contributed by atoms with van der Waals surface area (Å²) >= 11 is 0. The zero-order chi connectivity index (χ0) is 24.4. The van der Waals surface area contributed by atoms with Crippen LogP contribution >= 0.6 is 0 Å². The molecule has 0 saturated heterocycles. The van der Waals surface area contributed by atoms with Crippen LogP contribution in [0.5, 0.6) is 0 Å². The molecule has 0 spiro atoms. The molecule has 1 atom stereocenters. The molecule has 0 aromatic rings. The van der Waals surface area contributed by atoms with E-state index < -0.39 is 6.29 Å². The Hall–Kier alpha value is -0.950. The van der Waals surface area contributed by atoms with Crippen LogP contribution in [0, 0.1) is 23.2 Å². The molecule has 2 saturated carbocycles. The summed E-state index contributed by atoms with van der Waals surface area (Å²) in [7, 11) is 0. The Labute approximate surface area is 201 Å². The van der Waals surface area contributed by atoms with E-state index in [-0.39, 0.29) is 11.9 Å². The number of hydrogen-bond acceptors (Lipinski definition) is 6. The Kier molecular flexibility index (Phi) is 11.8. The lowest BCUT2D eigenvalue weighted by Gasteiger charge is -2.46. The summed E-state index contributed by atoms with van der Waals surface area (Å²) in [6.45, 7) is 15.8. The van der Waals surface area contributed by atoms with Crippen LogP contribution in [0.2, 0.25) is 0 Å². The summed E-state index contributed by atoms with van der Waals surface area (Å²) in [4.78, 5) is 11.5. The van der Waals surface area contributed by atoms with Gasteiger partial charge < -0.3 is 24.1 Å². The molecule has 0 bridgehead atoms. The molecule has 0 aromatic carbocycles. The van der Waals surface area contributed by atoms with Gasteiger partial charge in [0.1, 0.15) is 6.61 Å². The third kappa shape index (κ3) is 9.31. The Morgan fingerprint density at radius 1 is 0.879 bits per heavy atom. The van der Waals surface area contributed by atoms with E-state index in [4.69, 9.17) is 18.9 Å². The normalized spacial score (nSPS) is 27.4. The van der Waals surface area contributed by atoms with Gasteiger partial charge >= 0.3 is 5.97 Å². The summed E-state index contributed by atoms with van der Waals surface area (Å²) in [5, 5.41) is 9.62. The number of hydrogen-bond donors (Lipinski definition) is 1. The molecule has 0 aromatic heterocycles. The molecule has 2 aliphatic carbocycles. The zero-order valence-electron chi connectivity index (χ0n) is 21.6. The van der Waals surface area contributed by atoms with Crippen molar-refractivity contribution in [2.75, 3.05) is 26.4 Å². The zero-order valence-corrected chi connectivity index (χ0v) is 21.6. The molecule has 0 heterocycles. The fourth-order valence-electron chi connectivity index (χ4n) is 5.32. The van der Waals surface area contributed by atoms with E-state index in [9.17, 15) is 9.90 Å². The maximum absolute atomic E-state index is 11.5. The van der Waals surface area contributed by atoms with Crippen LogP contribution in [-0.2, 0) is 23.7 Å². The van der Waals surface area contributed by atoms with E-state index in [2.05, 4.69) is 20.4 Å². The highest BCUT2D eigenvalue weighted by atomic mass is 16.6. The van der Waals surface area contributed by atoms with Gasteiger partial charge in [-0.05, 0) is 81.1 Å². The van der Waals surface area contributed by atoms with Crippen molar-refractivity contribution in [2.45, 2.75) is 104 Å². The van der Waals surface area contributed by atoms with Crippen LogP contribution in [-0.4, -0.2) is 56.0 Å². The van der Waals surface area contributed by atoms with E-state index in [1.54, 1.807) is 6.92 Å². The number of aliphatic hydroxyl groups excluding tert-OH is 1. The average Bonchev–Trinajstić information content (AvgIpc) is 2.79. The molecule has 2 fully saturated rings. The second kappa shape index (κ2) is 13.8. The van der Waals surface area contributed by atoms with Crippen molar-refractivity contribution in [3.63, 3.8) is 0 Å². The Balaban J connectivity index is 1.62. The molecule has 1 unspecified atom stereocenters. The van der Waals surface area contributed by atoms with Gasteiger partial charge in [-0.1, -0.05) is 34.3 Å². The van der Waals surface area contributed by atoms with Crippen LogP contribution in [0.25, 0.3) is 0 Å². The second-order valence-electron chi connectivity index (χ2n) is 10.9. The van der Waals surface area contributed by atoms with E-state index >= 15 is 0 Å². The van der Waals surface area contributed by atoms with Gasteiger partial charge in [-0.25, -0.2) is 0 Å². The van der Waals surface area contributed by atoms with E-state index in [1.165, 1.54) is 25.7 Å². The Morgan fingerprint density at radius 2 is 1.33 bits per heavy atom. The van der Waals surface area contributed by atoms with Gasteiger partial charge in [0.25, 0.3) is 0 Å². The lowest BCUT2D eigenvalue weighted by molar-refractivity contribution is -0.149. The van der Waals surface area contributed by atoms with Crippen molar-refractivity contribution in [1.82, 2.24) is 0 Å². The minimum atomic E-state index is -0.895. The Bertz CT molecular complexity index is 585. The maximum atomic E-state index is 11.5. The van der Waals surface area contributed by atoms with Crippen molar-refractivity contribution in [1.29, 1.82) is 0 Å². The predicted octanol–water partition coefficient (Wildman–Crippen LogP) is 5.27. The number of esters is 1. The summed E-state index contributed by atoms with van der Waals surface area (Å²) < 4.78 is 22.5. The third-order valence-corrected chi connectivity index (χ3v) is 7.74. The van der Waals surface area contributed by atoms with E-state index in [0.717, 1.165) is 37.5 Å². The third-order valence-electron chi connectivity index (χ3n) is 7.74. The minimum absolute atomic E-state index is 0.0843. The monoisotopic (exact) mass is 468 g/mol. The van der Waals surface area contributed by atoms with Crippen LogP contribution in [0.1, 0.15) is 86.0 Å². The number of carbonyl (C=O) groups is 1. The highest BCUT2D eigenvalue weighted by Crippen LogP contribution is 2.48. The number of ether oxygens (including phenoxy) is 4. The lowest BCUT2D eigenvalue weighted by Crippen LogP contribution is -2.39. The van der Waals surface area contributed by atoms with Crippen molar-refractivity contribution < 1.29 is 28.8 Å². The Morgan fingerprint density at radius 3 is 1.76 bits per heavy atom. The largest absolute Gasteiger partial charge is 0.463 e. The van der Waals surface area contributed by atoms with E-state index in [1.807, 2.05) is 13.8 Å². The van der Waals surface area contributed by atoms with E-state index in [0.29, 0.717) is 49.6 Å². The first-order valence-electron chi connectivity index (χ1n) is 13.0. The van der Waals surface area contributed by atoms with Crippen LogP contribution in [0.4, 0.5) is 0 Å². The summed E-state index contributed by atoms with van der Waals surface area (Å²) in [5.41, 5.74) is 0.947. The fraction of sp³-hybridized carbons (Fsp3) is 0.889. The molecule has 6 heteroatoms. The molecular weight excluding hydrogens is 420 g/mol. The first-order chi connectivity index (χ1) is 15.6. The van der Waals surface area contributed by atoms with Gasteiger partial charge in [-0.3, -0.25) is 4.79 Å². The van der Waals surface area contributed by atoms with Gasteiger partial charge in [-0.2, -0.15) is 0 Å². The first kappa shape index (κ1) is 28.3. The maximum Gasteiger partial charge on any atom is 0.308 e. The predicted molar refractivity (Wildman–Crippen MR) is 130 cm³/mol. The number of carbonyl (C=O) groups excluding carboxylic acids is 1. The molecule has 0 amide bonds. The highest BCUT2D eigenvalue weighted by Gasteiger charge is 2.40. The van der Waals surface area contributed by atoms with Gasteiger partial charge in [0.15, 0.2) is 6.29 Å². The topological polar surface area (TPSA) is 74.2 Å². The van der Waals surface area contributed by atoms with Gasteiger partial charge in [0.05, 0.1) is 37.9 Å². The molecule has 33 heavy (non-hydrogen) atoms. The molecule has 6 nitrogen and oxygen atoms in total. The lowest BCUT2D eigenvalue weighted by atomic mass is 9.60. The number of rotatable bonds is 13. The SMILES string of the molecule is C=C(C)C(O)OCCOC1CCC(C(C)(C)C2CCC(OCCOC(=O)C(C)C)CC2)CC1. The van der Waals surface area contributed by atoms with Gasteiger partial charge in [-0.15, -0.1) is 0 Å². The molecule has 2 rings (SSSR count). The fourth-order valence-corrected chi connectivity index (χ4v) is 5.32. The van der Waals surface area contributed by atoms with Gasteiger partial charge in [0, 0.05) is 0 Å². The molecule has 1 N–H and O–H groups in total. The van der Waals surface area contributed by atoms with Crippen LogP contribution < -0.4 is 0 Å². The quantitative estimate of drug-likeness (QED) is 0.172. The van der Waals surface area contributed by atoms with Crippen LogP contribution in [0.15, 0.2) is 12.2 Å². The van der Waals surface area contributed by atoms with Crippen molar-refractivity contribution in [3.8, 4) is 0 Å². The van der Waals surface area contributed by atoms with Crippen LogP contribution in [0.3, 0.4) is 0 Å². The highest BCUT2D eigenvalue weighted by molar-refractivity contribution is 5.71. The summed E-state index contributed by atoms with van der Waals surface area (Å²) in [5.74, 6) is 1.23. The standard InChI is InChI=1S/C27H48O6/c1-19(2)25(28)32-17-15-30-23-11-7-21(8-12-23)27(5,6)22-9-13-24(14-10-22)31-16-18-33-26(29)20(3)4/h20-25,28H,1,7-18H2,2-6H3. The minimum Gasteiger partial charge on any atom is -0.463 e. The molecule has 2 aliphatic rings. The van der Waals surface area contributed by atoms with Crippen molar-refractivity contribution in [2.24, 2.45) is 23.2 Å². The molecule has 192 valence electrons. The first-order valence-corrected chi connectivity index (χ1v) is 13.0. The average molecular weight is 469 g/mol. The molecule has 0 aliphatic heterocycles. The number of aliphatic hydroxyl groups is 1.